The zero-order valence-electron chi connectivity index (χ0n) is 20.7. The Kier molecular flexibility index (Phi) is 9.25. The summed E-state index contributed by atoms with van der Waals surface area (Å²) in [6.07, 6.45) is -2.38. The topological polar surface area (TPSA) is 78.9 Å². The van der Waals surface area contributed by atoms with Gasteiger partial charge in [0, 0.05) is 0 Å². The summed E-state index contributed by atoms with van der Waals surface area (Å²) in [5, 5.41) is 1.18. The fourth-order valence-corrected chi connectivity index (χ4v) is 6.12. The first kappa shape index (κ1) is 29.0. The maximum absolute atomic E-state index is 13.9. The van der Waals surface area contributed by atoms with Crippen molar-refractivity contribution in [2.24, 2.45) is 0 Å². The predicted molar refractivity (Wildman–Crippen MR) is 142 cm³/mol. The van der Waals surface area contributed by atoms with E-state index in [1.54, 1.807) is 84.9 Å². The molecule has 0 heterocycles. The summed E-state index contributed by atoms with van der Waals surface area (Å²) >= 11 is 0. The van der Waals surface area contributed by atoms with Crippen LogP contribution in [0.2, 0.25) is 0 Å². The Morgan fingerprint density at radius 3 is 1.79 bits per heavy atom. The van der Waals surface area contributed by atoms with E-state index in [1.807, 2.05) is 12.1 Å². The van der Waals surface area contributed by atoms with Crippen LogP contribution in [0.3, 0.4) is 0 Å². The highest BCUT2D eigenvalue weighted by atomic mass is 32.2. The van der Waals surface area contributed by atoms with Crippen LogP contribution in [-0.2, 0) is 41.1 Å². The molecule has 6 nitrogen and oxygen atoms in total. The summed E-state index contributed by atoms with van der Waals surface area (Å²) < 4.78 is 94.0. The van der Waals surface area contributed by atoms with Crippen LogP contribution in [0.15, 0.2) is 103 Å². The zero-order valence-corrected chi connectivity index (χ0v) is 22.4. The van der Waals surface area contributed by atoms with Crippen molar-refractivity contribution in [1.82, 2.24) is 0 Å². The Morgan fingerprint density at radius 2 is 1.23 bits per heavy atom. The fraction of sp³-hybridized carbons (Fsp3) is 0.214. The van der Waals surface area contributed by atoms with Crippen LogP contribution in [0.1, 0.15) is 29.2 Å². The molecule has 0 amide bonds. The molecule has 1 unspecified atom stereocenters. The van der Waals surface area contributed by atoms with Gasteiger partial charge in [0.15, 0.2) is 0 Å². The molecule has 0 N–H and O–H groups in total. The molecular formula is C28H26F3O6PS. The van der Waals surface area contributed by atoms with E-state index in [9.17, 15) is 26.2 Å². The van der Waals surface area contributed by atoms with Gasteiger partial charge in [-0.2, -0.15) is 21.6 Å². The fourth-order valence-electron chi connectivity index (χ4n) is 3.93. The van der Waals surface area contributed by atoms with Crippen molar-refractivity contribution in [3.8, 4) is 0 Å². The molecule has 0 aliphatic carbocycles. The van der Waals surface area contributed by atoms with E-state index in [2.05, 4.69) is 0 Å². The third kappa shape index (κ3) is 7.77. The second kappa shape index (κ2) is 12.4. The lowest BCUT2D eigenvalue weighted by atomic mass is 9.99. The maximum Gasteiger partial charge on any atom is 0.523 e. The van der Waals surface area contributed by atoms with Crippen LogP contribution in [0, 0.1) is 0 Å². The van der Waals surface area contributed by atoms with Crippen LogP contribution < -0.4 is 0 Å². The first-order valence-corrected chi connectivity index (χ1v) is 15.1. The number of hydrogen-bond donors (Lipinski definition) is 0. The highest BCUT2D eigenvalue weighted by molar-refractivity contribution is 7.87. The summed E-state index contributed by atoms with van der Waals surface area (Å²) in [6, 6.07) is 29.4. The van der Waals surface area contributed by atoms with Crippen molar-refractivity contribution in [3.63, 3.8) is 0 Å². The number of benzene rings is 4. The minimum absolute atomic E-state index is 0.0758. The minimum Gasteiger partial charge on any atom is -0.304 e. The van der Waals surface area contributed by atoms with E-state index in [0.717, 1.165) is 0 Å². The molecular weight excluding hydrogens is 552 g/mol. The van der Waals surface area contributed by atoms with E-state index < -0.39 is 35.5 Å². The lowest BCUT2D eigenvalue weighted by Gasteiger charge is -2.24. The summed E-state index contributed by atoms with van der Waals surface area (Å²) in [5.74, 6) is 0. The first-order chi connectivity index (χ1) is 18.6. The van der Waals surface area contributed by atoms with Gasteiger partial charge in [-0.3, -0.25) is 8.75 Å². The Bertz CT molecular complexity index is 1480. The maximum atomic E-state index is 13.9. The third-order valence-electron chi connectivity index (χ3n) is 5.90. The highest BCUT2D eigenvalue weighted by Crippen LogP contribution is 2.52. The molecule has 39 heavy (non-hydrogen) atoms. The molecule has 0 aliphatic heterocycles. The molecule has 4 rings (SSSR count). The molecule has 1 atom stereocenters. The smallest absolute Gasteiger partial charge is 0.304 e. The zero-order chi connectivity index (χ0) is 27.9. The average molecular weight is 579 g/mol. The van der Waals surface area contributed by atoms with E-state index in [1.165, 1.54) is 6.07 Å². The molecule has 0 radical (unpaired) electrons. The van der Waals surface area contributed by atoms with Crippen LogP contribution in [0.4, 0.5) is 13.2 Å². The van der Waals surface area contributed by atoms with E-state index >= 15 is 0 Å². The molecule has 11 heteroatoms. The van der Waals surface area contributed by atoms with Gasteiger partial charge in [-0.25, -0.2) is 0 Å². The number of hydrogen-bond acceptors (Lipinski definition) is 6. The lowest BCUT2D eigenvalue weighted by Crippen LogP contribution is -2.27. The second-order valence-electron chi connectivity index (χ2n) is 8.69. The van der Waals surface area contributed by atoms with E-state index in [0.29, 0.717) is 21.9 Å². The Hall–Kier alpha value is -3.01. The van der Waals surface area contributed by atoms with E-state index in [-0.39, 0.29) is 25.2 Å². The van der Waals surface area contributed by atoms with Gasteiger partial charge in [0.25, 0.3) is 0 Å². The summed E-state index contributed by atoms with van der Waals surface area (Å²) in [5.41, 5.74) is -4.00. The normalized spacial score (nSPS) is 13.4. The number of alkyl halides is 3. The van der Waals surface area contributed by atoms with Crippen LogP contribution >= 0.6 is 7.60 Å². The molecule has 0 saturated carbocycles. The number of rotatable bonds is 12. The molecule has 0 bridgehead atoms. The van der Waals surface area contributed by atoms with Crippen molar-refractivity contribution in [2.45, 2.75) is 31.2 Å². The summed E-state index contributed by atoms with van der Waals surface area (Å²) in [7, 11) is -9.91. The molecule has 206 valence electrons. The van der Waals surface area contributed by atoms with Gasteiger partial charge in [0.05, 0.1) is 19.4 Å². The highest BCUT2D eigenvalue weighted by Gasteiger charge is 2.49. The summed E-state index contributed by atoms with van der Waals surface area (Å²) in [6.45, 7) is -0.152. The monoisotopic (exact) mass is 578 g/mol. The van der Waals surface area contributed by atoms with Crippen LogP contribution in [-0.4, -0.2) is 20.1 Å². The molecule has 0 aromatic heterocycles. The third-order valence-corrected chi connectivity index (χ3v) is 8.81. The first-order valence-electron chi connectivity index (χ1n) is 12.0. The SMILES string of the molecule is O=P(CCC(OS(=O)(=O)C(F)(F)F)c1cccc2ccccc12)(OCc1ccccc1)OCc1ccccc1. The van der Waals surface area contributed by atoms with Crippen molar-refractivity contribution >= 4 is 28.5 Å². The molecule has 4 aromatic carbocycles. The van der Waals surface area contributed by atoms with Crippen molar-refractivity contribution in [1.29, 1.82) is 0 Å². The van der Waals surface area contributed by atoms with Crippen LogP contribution in [0.5, 0.6) is 0 Å². The lowest BCUT2D eigenvalue weighted by molar-refractivity contribution is -0.0575. The molecule has 4 aromatic rings. The predicted octanol–water partition coefficient (Wildman–Crippen LogP) is 7.76. The second-order valence-corrected chi connectivity index (χ2v) is 12.4. The van der Waals surface area contributed by atoms with Gasteiger partial charge >= 0.3 is 23.2 Å². The van der Waals surface area contributed by atoms with Gasteiger partial charge < -0.3 is 9.05 Å². The van der Waals surface area contributed by atoms with Crippen molar-refractivity contribution < 1.29 is 39.4 Å². The quantitative estimate of drug-likeness (QED) is 0.0971. The number of fused-ring (bicyclic) bond motifs is 1. The van der Waals surface area contributed by atoms with Gasteiger partial charge in [-0.1, -0.05) is 103 Å². The van der Waals surface area contributed by atoms with Gasteiger partial charge in [-0.05, 0) is 33.9 Å². The van der Waals surface area contributed by atoms with Gasteiger partial charge in [0.2, 0.25) is 0 Å². The Labute approximate surface area is 225 Å². The van der Waals surface area contributed by atoms with Crippen LogP contribution in [0.25, 0.3) is 10.8 Å². The van der Waals surface area contributed by atoms with Gasteiger partial charge in [0.1, 0.15) is 6.10 Å². The largest absolute Gasteiger partial charge is 0.523 e. The van der Waals surface area contributed by atoms with E-state index in [4.69, 9.17) is 13.2 Å². The standard InChI is InChI=1S/C28H26F3O6PS/c29-28(30,31)39(33,34)37-27(26-17-9-15-24-14-7-8-16-25(24)26)18-19-38(32,35-20-22-10-3-1-4-11-22)36-21-23-12-5-2-6-13-23/h1-17,27H,18-21H2. The van der Waals surface area contributed by atoms with Crippen molar-refractivity contribution in [2.75, 3.05) is 6.16 Å². The molecule has 0 spiro atoms. The molecule has 0 aliphatic rings. The Balaban J connectivity index is 1.63. The minimum atomic E-state index is -5.96. The van der Waals surface area contributed by atoms with Gasteiger partial charge in [-0.15, -0.1) is 0 Å². The average Bonchev–Trinajstić information content (AvgIpc) is 2.93. The summed E-state index contributed by atoms with van der Waals surface area (Å²) in [4.78, 5) is 0. The van der Waals surface area contributed by atoms with Crippen molar-refractivity contribution in [3.05, 3.63) is 120 Å². The number of halogens is 3. The molecule has 0 fully saturated rings. The molecule has 0 saturated heterocycles. The Morgan fingerprint density at radius 1 is 0.718 bits per heavy atom.